The lowest BCUT2D eigenvalue weighted by Crippen LogP contribution is -2.36. The van der Waals surface area contributed by atoms with Crippen LogP contribution in [-0.2, 0) is 6.54 Å². The third-order valence-corrected chi connectivity index (χ3v) is 5.45. The second-order valence-electron chi connectivity index (χ2n) is 7.59. The maximum atomic E-state index is 12.3. The van der Waals surface area contributed by atoms with Crippen LogP contribution < -0.4 is 25.0 Å². The van der Waals surface area contributed by atoms with Crippen molar-refractivity contribution in [1.29, 1.82) is 0 Å². The predicted molar refractivity (Wildman–Crippen MR) is 118 cm³/mol. The molecule has 162 valence electrons. The summed E-state index contributed by atoms with van der Waals surface area (Å²) >= 11 is 0. The number of benzene rings is 1. The molecule has 1 aliphatic heterocycles. The van der Waals surface area contributed by atoms with Gasteiger partial charge in [-0.05, 0) is 49.1 Å². The maximum Gasteiger partial charge on any atom is 0.315 e. The van der Waals surface area contributed by atoms with Crippen LogP contribution in [0.25, 0.3) is 0 Å². The van der Waals surface area contributed by atoms with Gasteiger partial charge in [0.25, 0.3) is 0 Å². The van der Waals surface area contributed by atoms with Crippen molar-refractivity contribution in [2.24, 2.45) is 0 Å². The van der Waals surface area contributed by atoms with Crippen molar-refractivity contribution < 1.29 is 14.3 Å². The summed E-state index contributed by atoms with van der Waals surface area (Å²) < 4.78 is 10.6. The number of nitrogens with one attached hydrogen (secondary N) is 2. The molecule has 0 aliphatic carbocycles. The highest BCUT2D eigenvalue weighted by Crippen LogP contribution is 2.29. The molecule has 0 spiro atoms. The van der Waals surface area contributed by atoms with Crippen LogP contribution in [0.4, 0.5) is 10.6 Å². The molecule has 0 bridgehead atoms. The molecule has 1 aliphatic rings. The van der Waals surface area contributed by atoms with Gasteiger partial charge in [0, 0.05) is 25.8 Å². The molecular weight excluding hydrogens is 380 g/mol. The lowest BCUT2D eigenvalue weighted by atomic mass is 10.1. The Kier molecular flexibility index (Phi) is 7.76. The molecule has 2 aromatic rings. The van der Waals surface area contributed by atoms with Gasteiger partial charge in [0.15, 0.2) is 11.5 Å². The Morgan fingerprint density at radius 2 is 1.80 bits per heavy atom. The highest BCUT2D eigenvalue weighted by molar-refractivity contribution is 5.74. The first kappa shape index (κ1) is 21.7. The standard InChI is InChI=1S/C23H32N4O3/c1-17(19-9-10-20(29-2)21(14-19)30-3)26-23(28)25-16-18-8-11-22(24-15-18)27-12-6-4-5-7-13-27/h8-11,14-15,17H,4-7,12-13,16H2,1-3H3,(H2,25,26,28). The number of hydrogen-bond acceptors (Lipinski definition) is 5. The van der Waals surface area contributed by atoms with Crippen molar-refractivity contribution in [1.82, 2.24) is 15.6 Å². The fourth-order valence-electron chi connectivity index (χ4n) is 3.64. The van der Waals surface area contributed by atoms with Gasteiger partial charge in [0.05, 0.1) is 20.3 Å². The summed E-state index contributed by atoms with van der Waals surface area (Å²) in [6.07, 6.45) is 6.90. The van der Waals surface area contributed by atoms with Crippen molar-refractivity contribution in [2.75, 3.05) is 32.2 Å². The van der Waals surface area contributed by atoms with E-state index in [4.69, 9.17) is 9.47 Å². The van der Waals surface area contributed by atoms with E-state index in [2.05, 4.69) is 20.5 Å². The highest BCUT2D eigenvalue weighted by Gasteiger charge is 2.13. The summed E-state index contributed by atoms with van der Waals surface area (Å²) in [5.74, 6) is 2.32. The number of ether oxygens (including phenoxy) is 2. The number of carbonyl (C=O) groups is 1. The normalized spacial score (nSPS) is 15.1. The third-order valence-electron chi connectivity index (χ3n) is 5.45. The molecule has 1 unspecified atom stereocenters. The zero-order valence-corrected chi connectivity index (χ0v) is 18.1. The number of anilines is 1. The number of rotatable bonds is 7. The molecule has 0 saturated carbocycles. The lowest BCUT2D eigenvalue weighted by Gasteiger charge is -2.21. The van der Waals surface area contributed by atoms with Crippen LogP contribution >= 0.6 is 0 Å². The minimum absolute atomic E-state index is 0.173. The molecule has 0 radical (unpaired) electrons. The van der Waals surface area contributed by atoms with E-state index >= 15 is 0 Å². The number of aromatic nitrogens is 1. The molecule has 7 nitrogen and oxygen atoms in total. The Bertz CT molecular complexity index is 818. The van der Waals surface area contributed by atoms with E-state index in [9.17, 15) is 4.79 Å². The Labute approximate surface area is 178 Å². The first-order chi connectivity index (χ1) is 14.6. The van der Waals surface area contributed by atoms with Gasteiger partial charge in [-0.15, -0.1) is 0 Å². The second-order valence-corrected chi connectivity index (χ2v) is 7.59. The van der Waals surface area contributed by atoms with Crippen LogP contribution in [0.5, 0.6) is 11.5 Å². The van der Waals surface area contributed by atoms with Crippen LogP contribution in [0.2, 0.25) is 0 Å². The number of carbonyl (C=O) groups excluding carboxylic acids is 1. The molecule has 1 aromatic heterocycles. The number of pyridine rings is 1. The largest absolute Gasteiger partial charge is 0.493 e. The van der Waals surface area contributed by atoms with Crippen molar-refractivity contribution in [2.45, 2.75) is 45.2 Å². The SMILES string of the molecule is COc1ccc(C(C)NC(=O)NCc2ccc(N3CCCCCC3)nc2)cc1OC. The van der Waals surface area contributed by atoms with Crippen LogP contribution in [-0.4, -0.2) is 38.3 Å². The summed E-state index contributed by atoms with van der Waals surface area (Å²) in [4.78, 5) is 19.3. The number of hydrogen-bond donors (Lipinski definition) is 2. The van der Waals surface area contributed by atoms with Crippen molar-refractivity contribution in [3.05, 3.63) is 47.7 Å². The lowest BCUT2D eigenvalue weighted by molar-refractivity contribution is 0.237. The van der Waals surface area contributed by atoms with Crippen molar-refractivity contribution in [3.63, 3.8) is 0 Å². The van der Waals surface area contributed by atoms with Crippen LogP contribution in [0, 0.1) is 0 Å². The summed E-state index contributed by atoms with van der Waals surface area (Å²) in [6, 6.07) is 9.30. The zero-order chi connectivity index (χ0) is 21.3. The number of nitrogens with zero attached hydrogens (tertiary/aromatic N) is 2. The van der Waals surface area contributed by atoms with Crippen LogP contribution in [0.15, 0.2) is 36.5 Å². The van der Waals surface area contributed by atoms with Gasteiger partial charge in [-0.1, -0.05) is 25.0 Å². The first-order valence-electron chi connectivity index (χ1n) is 10.6. The third kappa shape index (κ3) is 5.78. The van der Waals surface area contributed by atoms with Gasteiger partial charge in [0.1, 0.15) is 5.82 Å². The van der Waals surface area contributed by atoms with Crippen LogP contribution in [0.1, 0.15) is 49.8 Å². The quantitative estimate of drug-likeness (QED) is 0.718. The summed E-state index contributed by atoms with van der Waals surface area (Å²) in [5.41, 5.74) is 1.91. The van der Waals surface area contributed by atoms with E-state index in [1.54, 1.807) is 14.2 Å². The predicted octanol–water partition coefficient (Wildman–Crippen LogP) is 4.04. The van der Waals surface area contributed by atoms with E-state index in [0.29, 0.717) is 18.0 Å². The van der Waals surface area contributed by atoms with Crippen LogP contribution in [0.3, 0.4) is 0 Å². The molecule has 1 aromatic carbocycles. The fraction of sp³-hybridized carbons (Fsp3) is 0.478. The van der Waals surface area contributed by atoms with Gasteiger partial charge in [-0.25, -0.2) is 9.78 Å². The minimum atomic E-state index is -0.228. The Morgan fingerprint density at radius 1 is 1.07 bits per heavy atom. The molecule has 1 atom stereocenters. The summed E-state index contributed by atoms with van der Waals surface area (Å²) in [6.45, 7) is 4.50. The molecule has 1 fully saturated rings. The van der Waals surface area contributed by atoms with Crippen molar-refractivity contribution in [3.8, 4) is 11.5 Å². The molecule has 2 heterocycles. The molecule has 30 heavy (non-hydrogen) atoms. The molecule has 2 N–H and O–H groups in total. The smallest absolute Gasteiger partial charge is 0.315 e. The monoisotopic (exact) mass is 412 g/mol. The number of amides is 2. The number of urea groups is 1. The Hall–Kier alpha value is -2.96. The van der Waals surface area contributed by atoms with Crippen molar-refractivity contribution >= 4 is 11.8 Å². The summed E-state index contributed by atoms with van der Waals surface area (Å²) in [7, 11) is 3.19. The summed E-state index contributed by atoms with van der Waals surface area (Å²) in [5, 5.41) is 5.85. The minimum Gasteiger partial charge on any atom is -0.493 e. The van der Waals surface area contributed by atoms with Gasteiger partial charge >= 0.3 is 6.03 Å². The highest BCUT2D eigenvalue weighted by atomic mass is 16.5. The molecule has 2 amide bonds. The van der Waals surface area contributed by atoms with Gasteiger partial charge in [0.2, 0.25) is 0 Å². The van der Waals surface area contributed by atoms with Gasteiger partial charge < -0.3 is 25.0 Å². The average Bonchev–Trinajstić information content (AvgIpc) is 3.07. The Balaban J connectivity index is 1.50. The zero-order valence-electron chi connectivity index (χ0n) is 18.1. The molecule has 3 rings (SSSR count). The second kappa shape index (κ2) is 10.7. The van der Waals surface area contributed by atoms with E-state index in [1.165, 1.54) is 25.7 Å². The van der Waals surface area contributed by atoms with E-state index in [0.717, 1.165) is 30.0 Å². The molecular formula is C23H32N4O3. The number of methoxy groups -OCH3 is 2. The fourth-order valence-corrected chi connectivity index (χ4v) is 3.64. The van der Waals surface area contributed by atoms with Gasteiger partial charge in [-0.3, -0.25) is 0 Å². The first-order valence-corrected chi connectivity index (χ1v) is 10.6. The topological polar surface area (TPSA) is 75.7 Å². The average molecular weight is 413 g/mol. The van der Waals surface area contributed by atoms with E-state index in [-0.39, 0.29) is 12.1 Å². The van der Waals surface area contributed by atoms with Gasteiger partial charge in [-0.2, -0.15) is 0 Å². The maximum absolute atomic E-state index is 12.3. The molecule has 7 heteroatoms. The Morgan fingerprint density at radius 3 is 2.43 bits per heavy atom. The molecule has 1 saturated heterocycles. The van der Waals surface area contributed by atoms with E-state index < -0.39 is 0 Å². The van der Waals surface area contributed by atoms with E-state index in [1.807, 2.05) is 43.5 Å².